The molecule has 37 heavy (non-hydrogen) atoms. The van der Waals surface area contributed by atoms with Gasteiger partial charge in [0, 0.05) is 0 Å². The molecule has 1 fully saturated rings. The van der Waals surface area contributed by atoms with Crippen LogP contribution in [0.15, 0.2) is 64.8 Å². The molecule has 0 saturated carbocycles. The van der Waals surface area contributed by atoms with Crippen LogP contribution in [0.1, 0.15) is 34.2 Å². The van der Waals surface area contributed by atoms with Gasteiger partial charge < -0.3 is 19.0 Å². The summed E-state index contributed by atoms with van der Waals surface area (Å²) in [5, 5.41) is 11.3. The van der Waals surface area contributed by atoms with Crippen LogP contribution in [0.2, 0.25) is 5.02 Å². The third-order valence-corrected chi connectivity index (χ3v) is 5.59. The smallest absolute Gasteiger partial charge is 0.335 e. The summed E-state index contributed by atoms with van der Waals surface area (Å²) in [5.41, 5.74) is 0.967. The molecule has 1 aliphatic rings. The molecule has 11 heteroatoms. The highest BCUT2D eigenvalue weighted by Crippen LogP contribution is 2.38. The number of urea groups is 1. The number of hydrogen-bond acceptors (Lipinski definition) is 7. The van der Waals surface area contributed by atoms with Crippen LogP contribution in [0, 0.1) is 0 Å². The second-order valence-electron chi connectivity index (χ2n) is 7.84. The van der Waals surface area contributed by atoms with Crippen LogP contribution in [-0.2, 0) is 22.7 Å². The van der Waals surface area contributed by atoms with E-state index in [1.54, 1.807) is 37.3 Å². The highest BCUT2D eigenvalue weighted by Gasteiger charge is 2.36. The second kappa shape index (κ2) is 11.0. The average molecular weight is 525 g/mol. The molecule has 0 bridgehead atoms. The fraction of sp³-hybridized carbons (Fsp3) is 0.154. The van der Waals surface area contributed by atoms with E-state index in [2.05, 4.69) is 5.32 Å². The molecule has 4 rings (SSSR count). The van der Waals surface area contributed by atoms with Crippen LogP contribution in [0.3, 0.4) is 0 Å². The lowest BCUT2D eigenvalue weighted by molar-refractivity contribution is -0.130. The summed E-state index contributed by atoms with van der Waals surface area (Å²) in [6, 6.07) is 11.6. The number of imide groups is 2. The number of nitrogens with zero attached hydrogens (tertiary/aromatic N) is 1. The minimum Gasteiger partial charge on any atom is -0.490 e. The van der Waals surface area contributed by atoms with Gasteiger partial charge in [-0.3, -0.25) is 19.8 Å². The normalized spacial score (nSPS) is 14.6. The molecule has 3 aromatic rings. The van der Waals surface area contributed by atoms with E-state index in [1.807, 2.05) is 0 Å². The van der Waals surface area contributed by atoms with Crippen molar-refractivity contribution >= 4 is 41.5 Å². The van der Waals surface area contributed by atoms with Crippen molar-refractivity contribution in [2.24, 2.45) is 0 Å². The molecular weight excluding hydrogens is 504 g/mol. The summed E-state index contributed by atoms with van der Waals surface area (Å²) in [5.74, 6) is -1.78. The first-order valence-corrected chi connectivity index (χ1v) is 11.5. The molecule has 0 aliphatic carbocycles. The maximum Gasteiger partial charge on any atom is 0.335 e. The van der Waals surface area contributed by atoms with Gasteiger partial charge in [-0.15, -0.1) is 0 Å². The number of carbonyl (C=O) groups is 4. The summed E-state index contributed by atoms with van der Waals surface area (Å²) in [4.78, 5) is 49.6. The first kappa shape index (κ1) is 25.5. The Morgan fingerprint density at radius 1 is 1.14 bits per heavy atom. The number of furan rings is 1. The molecule has 0 unspecified atom stereocenters. The van der Waals surface area contributed by atoms with Crippen LogP contribution in [0.4, 0.5) is 4.79 Å². The van der Waals surface area contributed by atoms with E-state index >= 15 is 0 Å². The third kappa shape index (κ3) is 5.81. The van der Waals surface area contributed by atoms with E-state index in [1.165, 1.54) is 30.5 Å². The van der Waals surface area contributed by atoms with Crippen molar-refractivity contribution in [3.63, 3.8) is 0 Å². The molecule has 0 spiro atoms. The van der Waals surface area contributed by atoms with Crippen molar-refractivity contribution in [2.75, 3.05) is 6.61 Å². The average Bonchev–Trinajstić information content (AvgIpc) is 3.38. The molecule has 0 atom stereocenters. The maximum atomic E-state index is 13.0. The number of nitrogens with one attached hydrogen (secondary N) is 1. The number of rotatable bonds is 9. The SMILES string of the molecule is CCOc1cc(/C=C2\C(=O)NC(=O)N(Cc3ccco3)C2=O)cc(Cl)c1OCc1ccc(C(=O)O)cc1. The van der Waals surface area contributed by atoms with Crippen molar-refractivity contribution in [3.05, 3.63) is 87.8 Å². The summed E-state index contributed by atoms with van der Waals surface area (Å²) in [6.45, 7) is 1.99. The van der Waals surface area contributed by atoms with E-state index in [4.69, 9.17) is 30.6 Å². The van der Waals surface area contributed by atoms with Gasteiger partial charge in [-0.25, -0.2) is 9.59 Å². The fourth-order valence-electron chi connectivity index (χ4n) is 3.54. The molecule has 0 radical (unpaired) electrons. The Morgan fingerprint density at radius 3 is 2.54 bits per heavy atom. The molecule has 1 aromatic heterocycles. The summed E-state index contributed by atoms with van der Waals surface area (Å²) >= 11 is 6.47. The summed E-state index contributed by atoms with van der Waals surface area (Å²) in [7, 11) is 0. The number of carboxylic acid groups (broad SMARTS) is 1. The van der Waals surface area contributed by atoms with Gasteiger partial charge in [0.25, 0.3) is 11.8 Å². The zero-order chi connectivity index (χ0) is 26.5. The van der Waals surface area contributed by atoms with Gasteiger partial charge in [-0.05, 0) is 60.5 Å². The molecule has 190 valence electrons. The van der Waals surface area contributed by atoms with Crippen LogP contribution in [0.5, 0.6) is 11.5 Å². The minimum atomic E-state index is -1.03. The van der Waals surface area contributed by atoms with Crippen molar-refractivity contribution < 1.29 is 38.2 Å². The number of carboxylic acids is 1. The Morgan fingerprint density at radius 2 is 1.89 bits per heavy atom. The van der Waals surface area contributed by atoms with E-state index in [-0.39, 0.29) is 47.4 Å². The maximum absolute atomic E-state index is 13.0. The number of ether oxygens (including phenoxy) is 2. The van der Waals surface area contributed by atoms with E-state index < -0.39 is 23.8 Å². The van der Waals surface area contributed by atoms with Gasteiger partial charge in [0.1, 0.15) is 17.9 Å². The fourth-order valence-corrected chi connectivity index (χ4v) is 3.81. The van der Waals surface area contributed by atoms with E-state index in [9.17, 15) is 19.2 Å². The van der Waals surface area contributed by atoms with Crippen LogP contribution < -0.4 is 14.8 Å². The molecule has 4 amide bonds. The van der Waals surface area contributed by atoms with Crippen LogP contribution in [-0.4, -0.2) is 40.4 Å². The Balaban J connectivity index is 1.59. The van der Waals surface area contributed by atoms with Crippen molar-refractivity contribution in [1.82, 2.24) is 10.2 Å². The molecule has 2 heterocycles. The number of halogens is 1. The van der Waals surface area contributed by atoms with Crippen molar-refractivity contribution in [2.45, 2.75) is 20.1 Å². The first-order valence-electron chi connectivity index (χ1n) is 11.1. The third-order valence-electron chi connectivity index (χ3n) is 5.31. The van der Waals surface area contributed by atoms with E-state index in [0.29, 0.717) is 16.9 Å². The van der Waals surface area contributed by atoms with Gasteiger partial charge >= 0.3 is 12.0 Å². The molecule has 1 aliphatic heterocycles. The second-order valence-corrected chi connectivity index (χ2v) is 8.25. The first-order chi connectivity index (χ1) is 17.8. The van der Waals surface area contributed by atoms with E-state index in [0.717, 1.165) is 4.90 Å². The largest absolute Gasteiger partial charge is 0.490 e. The Kier molecular flexibility index (Phi) is 7.59. The number of barbiturate groups is 1. The van der Waals surface area contributed by atoms with Gasteiger partial charge in [-0.2, -0.15) is 0 Å². The molecular formula is C26H21ClN2O8. The highest BCUT2D eigenvalue weighted by atomic mass is 35.5. The van der Waals surface area contributed by atoms with Crippen LogP contribution in [0.25, 0.3) is 6.08 Å². The lowest BCUT2D eigenvalue weighted by atomic mass is 10.1. The molecule has 1 saturated heterocycles. The van der Waals surface area contributed by atoms with Gasteiger partial charge in [0.2, 0.25) is 0 Å². The number of benzene rings is 2. The Labute approximate surface area is 216 Å². The van der Waals surface area contributed by atoms with Crippen molar-refractivity contribution in [1.29, 1.82) is 0 Å². The lowest BCUT2D eigenvalue weighted by Gasteiger charge is -2.25. The number of aromatic carboxylic acids is 1. The molecule has 10 nitrogen and oxygen atoms in total. The zero-order valence-electron chi connectivity index (χ0n) is 19.5. The summed E-state index contributed by atoms with van der Waals surface area (Å²) in [6.07, 6.45) is 2.72. The summed E-state index contributed by atoms with van der Waals surface area (Å²) < 4.78 is 16.7. The lowest BCUT2D eigenvalue weighted by Crippen LogP contribution is -2.53. The topological polar surface area (TPSA) is 135 Å². The Hall–Kier alpha value is -4.57. The Bertz CT molecular complexity index is 1380. The molecule has 2 N–H and O–H groups in total. The monoisotopic (exact) mass is 524 g/mol. The van der Waals surface area contributed by atoms with Crippen molar-refractivity contribution in [3.8, 4) is 11.5 Å². The zero-order valence-corrected chi connectivity index (χ0v) is 20.3. The van der Waals surface area contributed by atoms with Gasteiger partial charge in [0.15, 0.2) is 11.5 Å². The highest BCUT2D eigenvalue weighted by molar-refractivity contribution is 6.33. The quantitative estimate of drug-likeness (QED) is 0.313. The molecule has 2 aromatic carbocycles. The van der Waals surface area contributed by atoms with Gasteiger partial charge in [-0.1, -0.05) is 23.7 Å². The standard InChI is InChI=1S/C26H21ClN2O8/c1-2-35-21-12-16(11-20(27)22(21)37-14-15-5-7-17(8-6-15)25(32)33)10-19-23(30)28-26(34)29(24(19)31)13-18-4-3-9-36-18/h3-12H,2,13-14H2,1H3,(H,32,33)(H,28,30,34)/b19-10+. The minimum absolute atomic E-state index is 0.0882. The number of hydrogen-bond donors (Lipinski definition) is 2. The predicted octanol–water partition coefficient (Wildman–Crippen LogP) is 4.27. The number of amides is 4. The van der Waals surface area contributed by atoms with Crippen LogP contribution >= 0.6 is 11.6 Å². The predicted molar refractivity (Wildman–Crippen MR) is 131 cm³/mol. The number of carbonyl (C=O) groups excluding carboxylic acids is 3. The van der Waals surface area contributed by atoms with Gasteiger partial charge in [0.05, 0.1) is 30.0 Å².